The predicted octanol–water partition coefficient (Wildman–Crippen LogP) is 4.52. The van der Waals surface area contributed by atoms with Gasteiger partial charge in [-0.25, -0.2) is 9.67 Å². The molecule has 0 spiro atoms. The first-order valence-corrected chi connectivity index (χ1v) is 9.01. The van der Waals surface area contributed by atoms with Crippen LogP contribution in [0.1, 0.15) is 11.4 Å². The van der Waals surface area contributed by atoms with Crippen molar-refractivity contribution >= 4 is 12.2 Å². The van der Waals surface area contributed by atoms with Crippen LogP contribution < -0.4 is 4.74 Å². The molecule has 0 amide bonds. The summed E-state index contributed by atoms with van der Waals surface area (Å²) in [5.74, 6) is 1.63. The normalized spacial score (nSPS) is 11.1. The Morgan fingerprint density at radius 1 is 0.862 bits per heavy atom. The lowest BCUT2D eigenvalue weighted by molar-refractivity contribution is 0.373. The van der Waals surface area contributed by atoms with Crippen LogP contribution in [-0.2, 0) is 0 Å². The number of phenols is 2. The molecule has 3 aromatic carbocycles. The fourth-order valence-electron chi connectivity index (χ4n) is 2.95. The van der Waals surface area contributed by atoms with Gasteiger partial charge in [0.2, 0.25) is 0 Å². The first-order chi connectivity index (χ1) is 14.2. The number of phenolic OH excluding ortho intramolecular Hbond substituents is 2. The van der Waals surface area contributed by atoms with Crippen LogP contribution in [0.4, 0.5) is 0 Å². The number of ether oxygens (including phenoxy) is 1. The molecule has 2 N–H and O–H groups in total. The first kappa shape index (κ1) is 18.3. The summed E-state index contributed by atoms with van der Waals surface area (Å²) < 4.78 is 6.84. The van der Waals surface area contributed by atoms with Crippen molar-refractivity contribution in [2.75, 3.05) is 7.11 Å². The van der Waals surface area contributed by atoms with Crippen LogP contribution >= 0.6 is 0 Å². The molecule has 0 saturated carbocycles. The van der Waals surface area contributed by atoms with Crippen LogP contribution in [0.15, 0.2) is 72.8 Å². The molecule has 1 heterocycles. The summed E-state index contributed by atoms with van der Waals surface area (Å²) in [6.07, 6.45) is 3.61. The van der Waals surface area contributed by atoms with E-state index in [9.17, 15) is 10.2 Å². The van der Waals surface area contributed by atoms with Gasteiger partial charge in [-0.3, -0.25) is 0 Å². The maximum atomic E-state index is 10.3. The molecular formula is C23H19N3O3. The molecule has 6 heteroatoms. The Morgan fingerprint density at radius 2 is 1.62 bits per heavy atom. The fraction of sp³-hybridized carbons (Fsp3) is 0.0435. The third-order valence-corrected chi connectivity index (χ3v) is 4.40. The average molecular weight is 385 g/mol. The van der Waals surface area contributed by atoms with Gasteiger partial charge in [0, 0.05) is 0 Å². The number of hydrogen-bond acceptors (Lipinski definition) is 5. The molecule has 0 aliphatic rings. The predicted molar refractivity (Wildman–Crippen MR) is 112 cm³/mol. The zero-order valence-corrected chi connectivity index (χ0v) is 15.7. The molecule has 0 saturated heterocycles. The highest BCUT2D eigenvalue weighted by Gasteiger charge is 2.15. The minimum Gasteiger partial charge on any atom is -0.507 e. The highest BCUT2D eigenvalue weighted by Crippen LogP contribution is 2.30. The smallest absolute Gasteiger partial charge is 0.175 e. The van der Waals surface area contributed by atoms with E-state index in [1.54, 1.807) is 47.2 Å². The Balaban J connectivity index is 1.77. The van der Waals surface area contributed by atoms with Crippen molar-refractivity contribution in [1.82, 2.24) is 14.8 Å². The van der Waals surface area contributed by atoms with E-state index in [1.165, 1.54) is 7.11 Å². The quantitative estimate of drug-likeness (QED) is 0.528. The molecule has 0 atom stereocenters. The van der Waals surface area contributed by atoms with E-state index in [1.807, 2.05) is 42.5 Å². The topological polar surface area (TPSA) is 80.4 Å². The zero-order valence-electron chi connectivity index (χ0n) is 15.7. The SMILES string of the molecule is COc1cc(/C=C\c2nc(-c3ccccc3O)n(-c3ccccc3)n2)ccc1O. The zero-order chi connectivity index (χ0) is 20.2. The second-order valence-electron chi connectivity index (χ2n) is 6.32. The molecule has 0 aliphatic carbocycles. The summed E-state index contributed by atoms with van der Waals surface area (Å²) in [7, 11) is 1.50. The van der Waals surface area contributed by atoms with E-state index in [4.69, 9.17) is 4.74 Å². The number of para-hydroxylation sites is 2. The molecule has 4 rings (SSSR count). The molecule has 0 aliphatic heterocycles. The van der Waals surface area contributed by atoms with Gasteiger partial charge in [-0.15, -0.1) is 5.10 Å². The maximum Gasteiger partial charge on any atom is 0.175 e. The molecule has 4 aromatic rings. The summed E-state index contributed by atoms with van der Waals surface area (Å²) >= 11 is 0. The highest BCUT2D eigenvalue weighted by atomic mass is 16.5. The van der Waals surface area contributed by atoms with Gasteiger partial charge in [0.25, 0.3) is 0 Å². The van der Waals surface area contributed by atoms with Crippen LogP contribution in [0.3, 0.4) is 0 Å². The lowest BCUT2D eigenvalue weighted by Crippen LogP contribution is -1.99. The second kappa shape index (κ2) is 7.90. The number of methoxy groups -OCH3 is 1. The van der Waals surface area contributed by atoms with Gasteiger partial charge in [0.15, 0.2) is 23.1 Å². The number of nitrogens with zero attached hydrogens (tertiary/aromatic N) is 3. The fourth-order valence-corrected chi connectivity index (χ4v) is 2.95. The van der Waals surface area contributed by atoms with Crippen LogP contribution in [0, 0.1) is 0 Å². The average Bonchev–Trinajstić information content (AvgIpc) is 3.18. The van der Waals surface area contributed by atoms with Gasteiger partial charge in [-0.05, 0) is 48.0 Å². The van der Waals surface area contributed by atoms with E-state index in [0.29, 0.717) is 23.0 Å². The lowest BCUT2D eigenvalue weighted by atomic mass is 10.2. The van der Waals surface area contributed by atoms with Crippen molar-refractivity contribution < 1.29 is 14.9 Å². The van der Waals surface area contributed by atoms with Gasteiger partial charge >= 0.3 is 0 Å². The monoisotopic (exact) mass is 385 g/mol. The Labute approximate surface area is 168 Å². The number of rotatable bonds is 5. The van der Waals surface area contributed by atoms with Crippen molar-refractivity contribution in [3.8, 4) is 34.3 Å². The number of aromatic nitrogens is 3. The van der Waals surface area contributed by atoms with Gasteiger partial charge in [0.1, 0.15) is 5.75 Å². The molecule has 6 nitrogen and oxygen atoms in total. The molecule has 0 unspecified atom stereocenters. The molecular weight excluding hydrogens is 366 g/mol. The molecule has 144 valence electrons. The molecule has 1 aromatic heterocycles. The third-order valence-electron chi connectivity index (χ3n) is 4.40. The third kappa shape index (κ3) is 3.82. The molecule has 0 bridgehead atoms. The number of aromatic hydroxyl groups is 2. The van der Waals surface area contributed by atoms with Gasteiger partial charge < -0.3 is 14.9 Å². The lowest BCUT2D eigenvalue weighted by Gasteiger charge is -2.06. The van der Waals surface area contributed by atoms with Gasteiger partial charge in [0.05, 0.1) is 18.4 Å². The van der Waals surface area contributed by atoms with Crippen LogP contribution in [0.5, 0.6) is 17.2 Å². The van der Waals surface area contributed by atoms with Crippen molar-refractivity contribution in [1.29, 1.82) is 0 Å². The summed E-state index contributed by atoms with van der Waals surface area (Å²) in [6, 6.07) is 21.7. The van der Waals surface area contributed by atoms with E-state index < -0.39 is 0 Å². The van der Waals surface area contributed by atoms with Crippen molar-refractivity contribution in [2.24, 2.45) is 0 Å². The van der Waals surface area contributed by atoms with Crippen LogP contribution in [-0.4, -0.2) is 32.1 Å². The summed E-state index contributed by atoms with van der Waals surface area (Å²) in [6.45, 7) is 0. The highest BCUT2D eigenvalue weighted by molar-refractivity contribution is 5.71. The van der Waals surface area contributed by atoms with E-state index >= 15 is 0 Å². The summed E-state index contributed by atoms with van der Waals surface area (Å²) in [5, 5.41) is 24.6. The number of benzene rings is 3. The number of hydrogen-bond donors (Lipinski definition) is 2. The maximum absolute atomic E-state index is 10.3. The molecule has 0 fully saturated rings. The standard InChI is InChI=1S/C23H19N3O3/c1-29-21-15-16(11-13-20(21)28)12-14-22-24-23(18-9-5-6-10-19(18)27)26(25-22)17-7-3-2-4-8-17/h2-15,27-28H,1H3/b14-12-. The Bertz CT molecular complexity index is 1170. The minimum absolute atomic E-state index is 0.0815. The van der Waals surface area contributed by atoms with Gasteiger partial charge in [-0.2, -0.15) is 0 Å². The van der Waals surface area contributed by atoms with Crippen molar-refractivity contribution in [2.45, 2.75) is 0 Å². The Hall–Kier alpha value is -4.06. The summed E-state index contributed by atoms with van der Waals surface area (Å²) in [4.78, 5) is 4.62. The molecule has 29 heavy (non-hydrogen) atoms. The van der Waals surface area contributed by atoms with E-state index in [0.717, 1.165) is 11.3 Å². The van der Waals surface area contributed by atoms with E-state index in [-0.39, 0.29) is 11.5 Å². The van der Waals surface area contributed by atoms with Gasteiger partial charge in [-0.1, -0.05) is 42.5 Å². The van der Waals surface area contributed by atoms with Crippen LogP contribution in [0.25, 0.3) is 29.2 Å². The second-order valence-corrected chi connectivity index (χ2v) is 6.32. The first-order valence-electron chi connectivity index (χ1n) is 9.01. The van der Waals surface area contributed by atoms with E-state index in [2.05, 4.69) is 10.1 Å². The van der Waals surface area contributed by atoms with Crippen molar-refractivity contribution in [3.63, 3.8) is 0 Å². The largest absolute Gasteiger partial charge is 0.507 e. The Kier molecular flexibility index (Phi) is 4.99. The minimum atomic E-state index is 0.0815. The van der Waals surface area contributed by atoms with Crippen LogP contribution in [0.2, 0.25) is 0 Å². The van der Waals surface area contributed by atoms with Crippen molar-refractivity contribution in [3.05, 3.63) is 84.2 Å². The summed E-state index contributed by atoms with van der Waals surface area (Å²) in [5.41, 5.74) is 2.26. The Morgan fingerprint density at radius 3 is 2.38 bits per heavy atom. The molecule has 0 radical (unpaired) electrons.